The number of hydrogen-bond acceptors (Lipinski definition) is 3. The van der Waals surface area contributed by atoms with E-state index in [1.807, 2.05) is 0 Å². The summed E-state index contributed by atoms with van der Waals surface area (Å²) < 4.78 is 5.41. The van der Waals surface area contributed by atoms with Gasteiger partial charge >= 0.3 is 0 Å². The highest BCUT2D eigenvalue weighted by Gasteiger charge is 2.01. The van der Waals surface area contributed by atoms with Crippen molar-refractivity contribution >= 4 is 41.5 Å². The summed E-state index contributed by atoms with van der Waals surface area (Å²) in [6.07, 6.45) is 2.67. The average Bonchev–Trinajstić information content (AvgIpc) is 2.36. The van der Waals surface area contributed by atoms with Crippen molar-refractivity contribution in [3.05, 3.63) is 23.4 Å². The minimum absolute atomic E-state index is 0. The van der Waals surface area contributed by atoms with E-state index >= 15 is 0 Å². The molecule has 0 atom stereocenters. The summed E-state index contributed by atoms with van der Waals surface area (Å²) in [5.41, 5.74) is 5.71. The van der Waals surface area contributed by atoms with Crippen LogP contribution in [0.25, 0.3) is 0 Å². The fourth-order valence-electron chi connectivity index (χ4n) is 1.30. The zero-order chi connectivity index (χ0) is 14.1. The largest absolute Gasteiger partial charge is 0.475 e. The van der Waals surface area contributed by atoms with E-state index in [0.717, 1.165) is 13.0 Å². The Morgan fingerprint density at radius 2 is 2.30 bits per heavy atom. The lowest BCUT2D eigenvalue weighted by molar-refractivity contribution is 0.310. The first-order chi connectivity index (χ1) is 9.09. The maximum absolute atomic E-state index is 5.91. The number of nitrogens with zero attached hydrogens (tertiary/aromatic N) is 2. The SMILES string of the molecule is CC(C)CCN=C(N)NCCOc1ncccc1Cl.I. The second-order valence-corrected chi connectivity index (χ2v) is 4.92. The van der Waals surface area contributed by atoms with Gasteiger partial charge in [-0.25, -0.2) is 4.98 Å². The van der Waals surface area contributed by atoms with Crippen molar-refractivity contribution in [3.63, 3.8) is 0 Å². The fourth-order valence-corrected chi connectivity index (χ4v) is 1.48. The van der Waals surface area contributed by atoms with Gasteiger partial charge in [0.05, 0.1) is 6.54 Å². The third-order valence-electron chi connectivity index (χ3n) is 2.36. The first-order valence-electron chi connectivity index (χ1n) is 6.36. The Balaban J connectivity index is 0.00000361. The molecular formula is C13H22ClIN4O. The lowest BCUT2D eigenvalue weighted by Crippen LogP contribution is -2.35. The molecule has 20 heavy (non-hydrogen) atoms. The number of nitrogens with one attached hydrogen (secondary N) is 1. The van der Waals surface area contributed by atoms with E-state index in [0.29, 0.717) is 35.9 Å². The molecule has 1 heterocycles. The maximum Gasteiger partial charge on any atom is 0.232 e. The molecule has 0 spiro atoms. The van der Waals surface area contributed by atoms with Gasteiger partial charge in [0.2, 0.25) is 5.88 Å². The highest BCUT2D eigenvalue weighted by Crippen LogP contribution is 2.19. The van der Waals surface area contributed by atoms with Crippen molar-refractivity contribution in [3.8, 4) is 5.88 Å². The van der Waals surface area contributed by atoms with Crippen molar-refractivity contribution in [2.24, 2.45) is 16.6 Å². The van der Waals surface area contributed by atoms with E-state index in [9.17, 15) is 0 Å². The monoisotopic (exact) mass is 412 g/mol. The van der Waals surface area contributed by atoms with Crippen molar-refractivity contribution in [2.75, 3.05) is 19.7 Å². The summed E-state index contributed by atoms with van der Waals surface area (Å²) in [5.74, 6) is 1.50. The normalized spacial score (nSPS) is 11.1. The van der Waals surface area contributed by atoms with Crippen LogP contribution in [0.2, 0.25) is 5.02 Å². The molecule has 0 saturated heterocycles. The second kappa shape index (κ2) is 11.0. The predicted octanol–water partition coefficient (Wildman–Crippen LogP) is 2.68. The molecule has 1 aromatic heterocycles. The van der Waals surface area contributed by atoms with E-state index < -0.39 is 0 Å². The molecule has 0 radical (unpaired) electrons. The Bertz CT molecular complexity index is 415. The summed E-state index contributed by atoms with van der Waals surface area (Å²) in [5, 5.41) is 3.48. The Morgan fingerprint density at radius 3 is 2.95 bits per heavy atom. The summed E-state index contributed by atoms with van der Waals surface area (Å²) in [6, 6.07) is 3.49. The third kappa shape index (κ3) is 8.42. The van der Waals surface area contributed by atoms with Crippen LogP contribution in [-0.4, -0.2) is 30.6 Å². The number of halogens is 2. The minimum atomic E-state index is 0. The fraction of sp³-hybridized carbons (Fsp3) is 0.538. The zero-order valence-corrected chi connectivity index (χ0v) is 14.9. The molecule has 0 bridgehead atoms. The van der Waals surface area contributed by atoms with Crippen LogP contribution in [-0.2, 0) is 0 Å². The van der Waals surface area contributed by atoms with Crippen LogP contribution in [0.4, 0.5) is 0 Å². The average molecular weight is 413 g/mol. The van der Waals surface area contributed by atoms with Crippen molar-refractivity contribution < 1.29 is 4.74 Å². The summed E-state index contributed by atoms with van der Waals surface area (Å²) in [4.78, 5) is 8.23. The van der Waals surface area contributed by atoms with E-state index in [4.69, 9.17) is 22.1 Å². The number of aliphatic imine (C=N–C) groups is 1. The van der Waals surface area contributed by atoms with E-state index in [1.165, 1.54) is 0 Å². The number of nitrogens with two attached hydrogens (primary N) is 1. The van der Waals surface area contributed by atoms with Gasteiger partial charge in [-0.1, -0.05) is 25.4 Å². The van der Waals surface area contributed by atoms with Crippen LogP contribution in [0, 0.1) is 5.92 Å². The van der Waals surface area contributed by atoms with Gasteiger partial charge in [0.25, 0.3) is 0 Å². The first-order valence-corrected chi connectivity index (χ1v) is 6.74. The number of aromatic nitrogens is 1. The molecule has 1 aromatic rings. The minimum Gasteiger partial charge on any atom is -0.475 e. The molecule has 0 amide bonds. The molecule has 7 heteroatoms. The third-order valence-corrected chi connectivity index (χ3v) is 2.65. The van der Waals surface area contributed by atoms with Gasteiger partial charge in [-0.05, 0) is 24.5 Å². The van der Waals surface area contributed by atoms with Gasteiger partial charge < -0.3 is 15.8 Å². The summed E-state index contributed by atoms with van der Waals surface area (Å²) in [6.45, 7) is 6.04. The maximum atomic E-state index is 5.91. The Morgan fingerprint density at radius 1 is 1.55 bits per heavy atom. The van der Waals surface area contributed by atoms with Gasteiger partial charge in [-0.3, -0.25) is 4.99 Å². The van der Waals surface area contributed by atoms with Crippen LogP contribution in [0.15, 0.2) is 23.3 Å². The summed E-state index contributed by atoms with van der Waals surface area (Å²) >= 11 is 5.91. The molecule has 5 nitrogen and oxygen atoms in total. The van der Waals surface area contributed by atoms with Crippen LogP contribution in [0.5, 0.6) is 5.88 Å². The van der Waals surface area contributed by atoms with Gasteiger partial charge in [-0.15, -0.1) is 24.0 Å². The Labute approximate surface area is 142 Å². The lowest BCUT2D eigenvalue weighted by Gasteiger charge is -2.08. The molecule has 0 aliphatic rings. The molecule has 1 rings (SSSR count). The van der Waals surface area contributed by atoms with Crippen molar-refractivity contribution in [1.29, 1.82) is 0 Å². The van der Waals surface area contributed by atoms with Gasteiger partial charge in [0.15, 0.2) is 5.96 Å². The molecule has 0 aliphatic carbocycles. The number of hydrogen-bond donors (Lipinski definition) is 2. The van der Waals surface area contributed by atoms with E-state index in [-0.39, 0.29) is 24.0 Å². The highest BCUT2D eigenvalue weighted by molar-refractivity contribution is 14.0. The molecule has 0 unspecified atom stereocenters. The van der Waals surface area contributed by atoms with Gasteiger partial charge in [-0.2, -0.15) is 0 Å². The molecular weight excluding hydrogens is 391 g/mol. The quantitative estimate of drug-likeness (QED) is 0.313. The smallest absolute Gasteiger partial charge is 0.232 e. The molecule has 3 N–H and O–H groups in total. The van der Waals surface area contributed by atoms with Crippen LogP contribution < -0.4 is 15.8 Å². The van der Waals surface area contributed by atoms with Crippen LogP contribution in [0.3, 0.4) is 0 Å². The van der Waals surface area contributed by atoms with Crippen LogP contribution >= 0.6 is 35.6 Å². The number of pyridine rings is 1. The molecule has 0 aliphatic heterocycles. The topological polar surface area (TPSA) is 72.5 Å². The van der Waals surface area contributed by atoms with E-state index in [2.05, 4.69) is 29.1 Å². The molecule has 114 valence electrons. The number of ether oxygens (including phenoxy) is 1. The first kappa shape index (κ1) is 19.2. The number of rotatable bonds is 7. The van der Waals surface area contributed by atoms with Crippen LogP contribution in [0.1, 0.15) is 20.3 Å². The summed E-state index contributed by atoms with van der Waals surface area (Å²) in [7, 11) is 0. The highest BCUT2D eigenvalue weighted by atomic mass is 127. The molecule has 0 fully saturated rings. The van der Waals surface area contributed by atoms with Crippen molar-refractivity contribution in [1.82, 2.24) is 10.3 Å². The molecule has 0 aromatic carbocycles. The van der Waals surface area contributed by atoms with E-state index in [1.54, 1.807) is 18.3 Å². The standard InChI is InChI=1S/C13H21ClN4O.HI/c1-10(2)5-7-17-13(15)18-8-9-19-12-11(14)4-3-6-16-12;/h3-4,6,10H,5,7-9H2,1-2H3,(H3,15,17,18);1H. The van der Waals surface area contributed by atoms with Crippen molar-refractivity contribution in [2.45, 2.75) is 20.3 Å². The number of guanidine groups is 1. The Hall–Kier alpha value is -0.760. The van der Waals surface area contributed by atoms with Gasteiger partial charge in [0.1, 0.15) is 11.6 Å². The zero-order valence-electron chi connectivity index (χ0n) is 11.8. The van der Waals surface area contributed by atoms with Gasteiger partial charge in [0, 0.05) is 12.7 Å². The second-order valence-electron chi connectivity index (χ2n) is 4.52. The molecule has 0 saturated carbocycles. The predicted molar refractivity (Wildman–Crippen MR) is 94.1 cm³/mol. The Kier molecular flexibility index (Phi) is 10.5. The lowest BCUT2D eigenvalue weighted by atomic mass is 10.1.